The van der Waals surface area contributed by atoms with Crippen LogP contribution in [0.2, 0.25) is 0 Å². The van der Waals surface area contributed by atoms with Gasteiger partial charge in [0.25, 0.3) is 0 Å². The number of fused-ring (bicyclic) bond motifs is 1. The van der Waals surface area contributed by atoms with E-state index in [2.05, 4.69) is 5.16 Å². The van der Waals surface area contributed by atoms with Gasteiger partial charge in [0.15, 0.2) is 0 Å². The second-order valence-corrected chi connectivity index (χ2v) is 5.61. The molecule has 3 rings (SSSR count). The van der Waals surface area contributed by atoms with Crippen LogP contribution in [0.5, 0.6) is 0 Å². The average molecular weight is 298 g/mol. The van der Waals surface area contributed by atoms with Crippen molar-refractivity contribution in [2.75, 3.05) is 13.1 Å². The molecule has 7 heteroatoms. The van der Waals surface area contributed by atoms with Crippen LogP contribution >= 0.6 is 0 Å². The largest absolute Gasteiger partial charge is 0.471 e. The molecule has 2 atom stereocenters. The number of carbonyl (C=O) groups is 1. The van der Waals surface area contributed by atoms with Crippen LogP contribution in [-0.2, 0) is 10.2 Å². The van der Waals surface area contributed by atoms with E-state index in [9.17, 15) is 18.0 Å². The van der Waals surface area contributed by atoms with Gasteiger partial charge in [0.1, 0.15) is 0 Å². The zero-order valence-corrected chi connectivity index (χ0v) is 11.0. The maximum absolute atomic E-state index is 12.5. The van der Waals surface area contributed by atoms with E-state index in [-0.39, 0.29) is 24.4 Å². The van der Waals surface area contributed by atoms with Crippen LogP contribution in [0.4, 0.5) is 13.2 Å². The normalized spacial score (nSPS) is 28.0. The summed E-state index contributed by atoms with van der Waals surface area (Å²) in [7, 11) is 0. The minimum atomic E-state index is -4.81. The van der Waals surface area contributed by atoms with E-state index >= 15 is 0 Å². The lowest BCUT2D eigenvalue weighted by atomic mass is 9.94. The van der Waals surface area contributed by atoms with Crippen LogP contribution in [0.1, 0.15) is 17.5 Å². The van der Waals surface area contributed by atoms with Gasteiger partial charge in [-0.3, -0.25) is 4.79 Å². The minimum Gasteiger partial charge on any atom is -0.411 e. The first-order chi connectivity index (χ1) is 9.87. The second kappa shape index (κ2) is 4.47. The highest BCUT2D eigenvalue weighted by atomic mass is 19.4. The highest BCUT2D eigenvalue weighted by molar-refractivity contribution is 5.83. The SMILES string of the molecule is O=C(N1CC2CC2(c2ccc(/C=N/O)cc2)C1)C(F)(F)F. The van der Waals surface area contributed by atoms with Crippen LogP contribution < -0.4 is 0 Å². The fraction of sp³-hybridized carbons (Fsp3) is 0.429. The zero-order chi connectivity index (χ0) is 15.3. The molecule has 1 aliphatic carbocycles. The fourth-order valence-corrected chi connectivity index (χ4v) is 3.23. The highest BCUT2D eigenvalue weighted by Gasteiger charge is 2.63. The summed E-state index contributed by atoms with van der Waals surface area (Å²) in [6.45, 7) is 0.279. The van der Waals surface area contributed by atoms with Gasteiger partial charge in [0, 0.05) is 18.5 Å². The molecule has 2 aliphatic rings. The van der Waals surface area contributed by atoms with Gasteiger partial charge in [-0.2, -0.15) is 13.2 Å². The quantitative estimate of drug-likeness (QED) is 0.517. The van der Waals surface area contributed by atoms with Gasteiger partial charge in [0.2, 0.25) is 0 Å². The van der Waals surface area contributed by atoms with Crippen LogP contribution in [0.25, 0.3) is 0 Å². The molecule has 112 valence electrons. The van der Waals surface area contributed by atoms with Crippen molar-refractivity contribution in [2.24, 2.45) is 11.1 Å². The Balaban J connectivity index is 1.77. The van der Waals surface area contributed by atoms with E-state index in [0.717, 1.165) is 16.9 Å². The molecule has 0 radical (unpaired) electrons. The Labute approximate surface area is 118 Å². The number of piperidine rings is 1. The summed E-state index contributed by atoms with van der Waals surface area (Å²) in [5.74, 6) is -1.65. The van der Waals surface area contributed by atoms with Crippen molar-refractivity contribution in [2.45, 2.75) is 18.0 Å². The maximum Gasteiger partial charge on any atom is 0.471 e. The van der Waals surface area contributed by atoms with Gasteiger partial charge in [-0.15, -0.1) is 0 Å². The number of likely N-dealkylation sites (tertiary alicyclic amines) is 1. The molecule has 21 heavy (non-hydrogen) atoms. The number of hydrogen-bond acceptors (Lipinski definition) is 3. The number of amides is 1. The minimum absolute atomic E-state index is 0.0983. The Bertz CT molecular complexity index is 597. The lowest BCUT2D eigenvalue weighted by Gasteiger charge is -2.22. The van der Waals surface area contributed by atoms with E-state index in [1.165, 1.54) is 6.21 Å². The van der Waals surface area contributed by atoms with Gasteiger partial charge in [0.05, 0.1) is 6.21 Å². The summed E-state index contributed by atoms with van der Waals surface area (Å²) >= 11 is 0. The maximum atomic E-state index is 12.5. The molecule has 1 aliphatic heterocycles. The predicted molar refractivity (Wildman–Crippen MR) is 68.2 cm³/mol. The van der Waals surface area contributed by atoms with Crippen molar-refractivity contribution < 1.29 is 23.2 Å². The molecule has 1 N–H and O–H groups in total. The molecule has 1 amide bonds. The number of carbonyl (C=O) groups excluding carboxylic acids is 1. The third-order valence-corrected chi connectivity index (χ3v) is 4.37. The lowest BCUT2D eigenvalue weighted by molar-refractivity contribution is -0.184. The first kappa shape index (κ1) is 13.9. The fourth-order valence-electron chi connectivity index (χ4n) is 3.23. The van der Waals surface area contributed by atoms with Gasteiger partial charge in [-0.1, -0.05) is 29.4 Å². The van der Waals surface area contributed by atoms with Crippen molar-refractivity contribution in [1.82, 2.24) is 4.90 Å². The Kier molecular flexibility index (Phi) is 2.96. The molecule has 0 aromatic heterocycles. The molecule has 1 aromatic rings. The summed E-state index contributed by atoms with van der Waals surface area (Å²) in [4.78, 5) is 12.2. The van der Waals surface area contributed by atoms with Crippen LogP contribution in [0, 0.1) is 5.92 Å². The molecular formula is C14H13F3N2O2. The number of rotatable bonds is 2. The molecule has 0 spiro atoms. The zero-order valence-electron chi connectivity index (χ0n) is 11.0. The van der Waals surface area contributed by atoms with E-state index in [1.807, 2.05) is 12.1 Å². The van der Waals surface area contributed by atoms with Crippen molar-refractivity contribution in [3.05, 3.63) is 35.4 Å². The van der Waals surface area contributed by atoms with E-state index < -0.39 is 12.1 Å². The Morgan fingerprint density at radius 1 is 1.38 bits per heavy atom. The van der Waals surface area contributed by atoms with Crippen molar-refractivity contribution in [3.63, 3.8) is 0 Å². The summed E-state index contributed by atoms with van der Waals surface area (Å²) in [6, 6.07) is 7.12. The molecule has 2 fully saturated rings. The Morgan fingerprint density at radius 3 is 2.62 bits per heavy atom. The molecule has 1 saturated carbocycles. The first-order valence-electron chi connectivity index (χ1n) is 6.51. The Hall–Kier alpha value is -2.05. The lowest BCUT2D eigenvalue weighted by Crippen LogP contribution is -2.41. The molecule has 1 aromatic carbocycles. The second-order valence-electron chi connectivity index (χ2n) is 5.61. The van der Waals surface area contributed by atoms with Crippen molar-refractivity contribution >= 4 is 12.1 Å². The molecule has 4 nitrogen and oxygen atoms in total. The third kappa shape index (κ3) is 2.26. The molecule has 2 unspecified atom stereocenters. The molecule has 1 heterocycles. The van der Waals surface area contributed by atoms with E-state index in [4.69, 9.17) is 5.21 Å². The van der Waals surface area contributed by atoms with Crippen molar-refractivity contribution in [3.8, 4) is 0 Å². The van der Waals surface area contributed by atoms with Crippen LogP contribution in [-0.4, -0.2) is 41.5 Å². The van der Waals surface area contributed by atoms with Gasteiger partial charge >= 0.3 is 12.1 Å². The van der Waals surface area contributed by atoms with Crippen LogP contribution in [0.3, 0.4) is 0 Å². The molecular weight excluding hydrogens is 285 g/mol. The van der Waals surface area contributed by atoms with Gasteiger partial charge in [-0.05, 0) is 23.5 Å². The Morgan fingerprint density at radius 2 is 2.05 bits per heavy atom. The summed E-state index contributed by atoms with van der Waals surface area (Å²) < 4.78 is 37.4. The number of halogens is 3. The monoisotopic (exact) mass is 298 g/mol. The number of hydrogen-bond donors (Lipinski definition) is 1. The summed E-state index contributed by atoms with van der Waals surface area (Å²) in [6.07, 6.45) is -2.72. The number of alkyl halides is 3. The smallest absolute Gasteiger partial charge is 0.411 e. The average Bonchev–Trinajstić information content (AvgIpc) is 3.00. The van der Waals surface area contributed by atoms with E-state index in [1.54, 1.807) is 12.1 Å². The van der Waals surface area contributed by atoms with Gasteiger partial charge in [-0.25, -0.2) is 0 Å². The van der Waals surface area contributed by atoms with Gasteiger partial charge < -0.3 is 10.1 Å². The highest BCUT2D eigenvalue weighted by Crippen LogP contribution is 2.59. The standard InChI is InChI=1S/C14H13F3N2O2/c15-14(16,17)12(20)19-7-11-5-13(11,8-19)10-3-1-9(2-4-10)6-18-21/h1-4,6,11,21H,5,7-8H2/b18-6+. The van der Waals surface area contributed by atoms with Crippen LogP contribution in [0.15, 0.2) is 29.4 Å². The molecule has 0 bridgehead atoms. The number of nitrogens with zero attached hydrogens (tertiary/aromatic N) is 2. The van der Waals surface area contributed by atoms with Crippen molar-refractivity contribution in [1.29, 1.82) is 0 Å². The number of benzene rings is 1. The van der Waals surface area contributed by atoms with E-state index in [0.29, 0.717) is 5.56 Å². The first-order valence-corrected chi connectivity index (χ1v) is 6.51. The molecule has 1 saturated heterocycles. The predicted octanol–water partition coefficient (Wildman–Crippen LogP) is 2.16. The number of oxime groups is 1. The topological polar surface area (TPSA) is 52.9 Å². The summed E-state index contributed by atoms with van der Waals surface area (Å²) in [5.41, 5.74) is 1.30. The third-order valence-electron chi connectivity index (χ3n) is 4.37. The summed E-state index contributed by atoms with van der Waals surface area (Å²) in [5, 5.41) is 11.4.